The Bertz CT molecular complexity index is 542. The summed E-state index contributed by atoms with van der Waals surface area (Å²) in [4.78, 5) is 0. The molecule has 0 aromatic carbocycles. The Kier molecular flexibility index (Phi) is 6.30. The van der Waals surface area contributed by atoms with E-state index >= 15 is 0 Å². The van der Waals surface area contributed by atoms with Gasteiger partial charge in [0.2, 0.25) is 0 Å². The molecule has 0 atom stereocenters. The molecule has 0 aromatic rings. The molecule has 3 fully saturated rings. The van der Waals surface area contributed by atoms with Gasteiger partial charge in [0.15, 0.2) is 0 Å². The van der Waals surface area contributed by atoms with Crippen LogP contribution in [0.15, 0.2) is 0 Å². The molecule has 3 aliphatic heterocycles. The Balaban J connectivity index is 3.04. The molecule has 3 heterocycles. The molecule has 0 unspecified atom stereocenters. The van der Waals surface area contributed by atoms with Gasteiger partial charge in [-0.05, 0) is 8.57 Å². The fourth-order valence-electron chi connectivity index (χ4n) is 10.8. The van der Waals surface area contributed by atoms with E-state index in [2.05, 4.69) is 92.4 Å². The molecule has 0 N–H and O–H groups in total. The zero-order valence-electron chi connectivity index (χ0n) is 22.2. The highest BCUT2D eigenvalue weighted by molar-refractivity contribution is 7.77. The number of rotatable bonds is 6. The van der Waals surface area contributed by atoms with Crippen molar-refractivity contribution in [3.8, 4) is 0 Å². The molecule has 6 heteroatoms. The van der Waals surface area contributed by atoms with Gasteiger partial charge in [-0.3, -0.25) is 0 Å². The predicted octanol–water partition coefficient (Wildman–Crippen LogP) is 8.52. The Morgan fingerprint density at radius 3 is 0.929 bits per heavy atom. The van der Waals surface area contributed by atoms with Gasteiger partial charge >= 0.3 is 0 Å². The summed E-state index contributed by atoms with van der Waals surface area (Å²) in [5.74, 6) is 0. The molecule has 0 radical (unpaired) electrons. The van der Waals surface area contributed by atoms with Crippen LogP contribution in [-0.2, 0) is 0 Å². The molecule has 0 nitrogen and oxygen atoms in total. The van der Waals surface area contributed by atoms with Gasteiger partial charge in [0.05, 0.1) is 0 Å². The first-order valence-corrected chi connectivity index (χ1v) is 33.4. The Morgan fingerprint density at radius 2 is 0.679 bits per heavy atom. The van der Waals surface area contributed by atoms with E-state index in [1.54, 1.807) is 19.3 Å². The number of hydrogen-bond donors (Lipinski definition) is 0. The second kappa shape index (κ2) is 6.90. The predicted molar refractivity (Wildman–Crippen MR) is 149 cm³/mol. The molecule has 3 rings (SSSR count). The Hall–Kier alpha value is 1.30. The van der Waals surface area contributed by atoms with Crippen LogP contribution in [-0.4, -0.2) is 45.5 Å². The molecule has 0 aliphatic carbocycles. The molecule has 0 spiro atoms. The quantitative estimate of drug-likeness (QED) is 0.260. The summed E-state index contributed by atoms with van der Waals surface area (Å²) in [6, 6.07) is 0. The van der Waals surface area contributed by atoms with E-state index in [4.69, 9.17) is 0 Å². The van der Waals surface area contributed by atoms with Crippen LogP contribution in [0.4, 0.5) is 0 Å². The van der Waals surface area contributed by atoms with Crippen LogP contribution in [0.25, 0.3) is 0 Å². The van der Waals surface area contributed by atoms with Crippen molar-refractivity contribution >= 4 is 45.5 Å². The lowest BCUT2D eigenvalue weighted by Crippen LogP contribution is -3.03. The van der Waals surface area contributed by atoms with Crippen molar-refractivity contribution in [1.82, 2.24) is 0 Å². The normalized spacial score (nSPS) is 38.4. The van der Waals surface area contributed by atoms with Crippen LogP contribution in [0.2, 0.25) is 87.1 Å². The van der Waals surface area contributed by atoms with Gasteiger partial charge in [-0.25, -0.2) is 0 Å². The monoisotopic (exact) mass is 486 g/mol. The summed E-state index contributed by atoms with van der Waals surface area (Å²) in [6.45, 7) is 40.6. The minimum atomic E-state index is -1.32. The van der Waals surface area contributed by atoms with Crippen molar-refractivity contribution in [2.24, 2.45) is 0 Å². The molecule has 3 saturated heterocycles. The van der Waals surface area contributed by atoms with Gasteiger partial charge in [0.25, 0.3) is 0 Å². The van der Waals surface area contributed by atoms with Gasteiger partial charge < -0.3 is 0 Å². The SMILES string of the molecule is CCCCCC12[Si](C)(C)[Si](C)(C)C(CCC)([Si](C)(C)[Si]1(C)C)[Si](C)(C)[Si]2(C)C. The van der Waals surface area contributed by atoms with E-state index in [-0.39, 0.29) is 0 Å². The van der Waals surface area contributed by atoms with E-state index < -0.39 is 45.5 Å². The van der Waals surface area contributed by atoms with Crippen LogP contribution in [0.5, 0.6) is 0 Å². The van der Waals surface area contributed by atoms with Gasteiger partial charge in [-0.1, -0.05) is 131 Å². The average Bonchev–Trinajstić information content (AvgIpc) is 2.52. The van der Waals surface area contributed by atoms with Gasteiger partial charge in [-0.2, -0.15) is 0 Å². The van der Waals surface area contributed by atoms with Crippen molar-refractivity contribution in [1.29, 1.82) is 0 Å². The van der Waals surface area contributed by atoms with Crippen LogP contribution in [0.1, 0.15) is 52.4 Å². The van der Waals surface area contributed by atoms with E-state index in [9.17, 15) is 0 Å². The number of hydrogen-bond acceptors (Lipinski definition) is 0. The lowest BCUT2D eigenvalue weighted by molar-refractivity contribution is 0.638. The lowest BCUT2D eigenvalue weighted by Gasteiger charge is -2.89. The zero-order chi connectivity index (χ0) is 22.2. The summed E-state index contributed by atoms with van der Waals surface area (Å²) in [5, 5.41) is 0. The third-order valence-electron chi connectivity index (χ3n) is 12.9. The Labute approximate surface area is 184 Å². The topological polar surface area (TPSA) is 0 Å². The fourth-order valence-corrected chi connectivity index (χ4v) is 155. The molecule has 166 valence electrons. The maximum Gasteiger partial charge on any atom is 0.0418 e. The summed E-state index contributed by atoms with van der Waals surface area (Å²) in [5.41, 5.74) is 0. The first-order chi connectivity index (χ1) is 12.4. The minimum Gasteiger partial charge on any atom is -0.0713 e. The van der Waals surface area contributed by atoms with Crippen molar-refractivity contribution in [2.45, 2.75) is 140 Å². The van der Waals surface area contributed by atoms with Crippen molar-refractivity contribution in [3.05, 3.63) is 0 Å². The smallest absolute Gasteiger partial charge is 0.0418 e. The molecule has 28 heavy (non-hydrogen) atoms. The number of fused-ring (bicyclic) bond motifs is 3. The maximum atomic E-state index is 2.98. The summed E-state index contributed by atoms with van der Waals surface area (Å²) in [7, 11) is -7.93. The molecular weight excluding hydrogens is 433 g/mol. The zero-order valence-corrected chi connectivity index (χ0v) is 28.2. The van der Waals surface area contributed by atoms with Crippen molar-refractivity contribution in [2.75, 3.05) is 0 Å². The molecule has 0 amide bonds. The minimum absolute atomic E-state index is 0.898. The van der Waals surface area contributed by atoms with Crippen LogP contribution >= 0.6 is 0 Å². The highest BCUT2D eigenvalue weighted by Gasteiger charge is 2.91. The lowest BCUT2D eigenvalue weighted by atomic mass is 10.2. The fraction of sp³-hybridized carbons (Fsp3) is 1.00. The highest BCUT2D eigenvalue weighted by Crippen LogP contribution is 2.82. The molecule has 0 saturated carbocycles. The third-order valence-corrected chi connectivity index (χ3v) is 104. The molecule has 2 bridgehead atoms. The maximum absolute atomic E-state index is 2.98. The van der Waals surface area contributed by atoms with E-state index in [0.29, 0.717) is 0 Å². The standard InChI is InChI=1S/C22H54Si6/c1-15-17-18-20-22-26(9,10)23(3,4)21(19-16-2,24(5,6)27(22,11)12)25(7,8)28(22,13)14/h15-20H2,1-14H3. The average molecular weight is 487 g/mol. The van der Waals surface area contributed by atoms with Crippen LogP contribution in [0.3, 0.4) is 0 Å². The first kappa shape index (κ1) is 25.6. The Morgan fingerprint density at radius 1 is 0.393 bits per heavy atom. The second-order valence-corrected chi connectivity index (χ2v) is 63.9. The van der Waals surface area contributed by atoms with Gasteiger partial charge in [0.1, 0.15) is 0 Å². The summed E-state index contributed by atoms with van der Waals surface area (Å²) < 4.78 is 1.80. The van der Waals surface area contributed by atoms with Gasteiger partial charge in [0, 0.05) is 45.5 Å². The molecular formula is C22H54Si6. The highest BCUT2D eigenvalue weighted by atomic mass is 29.4. The first-order valence-electron chi connectivity index (χ1n) is 12.4. The number of unbranched alkanes of at least 4 members (excludes halogenated alkanes) is 2. The molecule has 3 aliphatic rings. The van der Waals surface area contributed by atoms with Crippen LogP contribution in [0, 0.1) is 0 Å². The second-order valence-electron chi connectivity index (χ2n) is 13.8. The van der Waals surface area contributed by atoms with Crippen molar-refractivity contribution < 1.29 is 0 Å². The van der Waals surface area contributed by atoms with E-state index in [1.165, 1.54) is 19.3 Å². The molecule has 0 aromatic heterocycles. The van der Waals surface area contributed by atoms with Crippen LogP contribution < -0.4 is 0 Å². The van der Waals surface area contributed by atoms with Crippen molar-refractivity contribution in [3.63, 3.8) is 0 Å². The summed E-state index contributed by atoms with van der Waals surface area (Å²) >= 11 is 0. The summed E-state index contributed by atoms with van der Waals surface area (Å²) in [6.07, 6.45) is 9.14. The largest absolute Gasteiger partial charge is 0.0713 e. The third kappa shape index (κ3) is 2.22. The van der Waals surface area contributed by atoms with Gasteiger partial charge in [-0.15, -0.1) is 0 Å². The van der Waals surface area contributed by atoms with E-state index in [1.807, 2.05) is 0 Å². The van der Waals surface area contributed by atoms with E-state index in [0.717, 1.165) is 8.57 Å².